The van der Waals surface area contributed by atoms with Gasteiger partial charge < -0.3 is 19.5 Å². The van der Waals surface area contributed by atoms with Crippen LogP contribution in [0.4, 0.5) is 5.69 Å². The average molecular weight is 456 g/mol. The molecule has 0 unspecified atom stereocenters. The molecule has 2 aromatic carbocycles. The normalized spacial score (nSPS) is 11.2. The van der Waals surface area contributed by atoms with E-state index < -0.39 is 10.8 Å². The van der Waals surface area contributed by atoms with Gasteiger partial charge in [0, 0.05) is 41.9 Å². The van der Waals surface area contributed by atoms with Crippen molar-refractivity contribution in [2.75, 3.05) is 13.7 Å². The average Bonchev–Trinajstić information content (AvgIpc) is 3.49. The molecular weight excluding hydrogens is 436 g/mol. The van der Waals surface area contributed by atoms with Gasteiger partial charge in [-0.15, -0.1) is 0 Å². The number of carbonyl (C=O) groups is 1. The number of para-hydroxylation sites is 1. The molecule has 9 heteroatoms. The van der Waals surface area contributed by atoms with Crippen LogP contribution in [-0.2, 0) is 11.2 Å². The van der Waals surface area contributed by atoms with Crippen molar-refractivity contribution >= 4 is 28.6 Å². The fraction of sp³-hybridized carbons (Fsp3) is 0.120. The van der Waals surface area contributed by atoms with Crippen LogP contribution in [-0.4, -0.2) is 29.5 Å². The zero-order valence-electron chi connectivity index (χ0n) is 18.2. The molecule has 0 spiro atoms. The third-order valence-electron chi connectivity index (χ3n) is 5.29. The van der Waals surface area contributed by atoms with E-state index in [9.17, 15) is 20.2 Å². The van der Waals surface area contributed by atoms with Crippen LogP contribution in [0.15, 0.2) is 70.8 Å². The van der Waals surface area contributed by atoms with Gasteiger partial charge in [0.2, 0.25) is 0 Å². The Bertz CT molecular complexity index is 1440. The molecule has 0 aliphatic carbocycles. The minimum absolute atomic E-state index is 0.114. The molecule has 0 aliphatic heterocycles. The van der Waals surface area contributed by atoms with E-state index in [0.717, 1.165) is 16.5 Å². The van der Waals surface area contributed by atoms with Crippen molar-refractivity contribution in [1.29, 1.82) is 5.26 Å². The number of hydrogen-bond donors (Lipinski definition) is 2. The number of benzene rings is 2. The monoisotopic (exact) mass is 456 g/mol. The maximum absolute atomic E-state index is 12.5. The number of rotatable bonds is 8. The second kappa shape index (κ2) is 9.75. The van der Waals surface area contributed by atoms with E-state index in [4.69, 9.17) is 9.15 Å². The Hall–Kier alpha value is -4.84. The highest BCUT2D eigenvalue weighted by atomic mass is 16.6. The molecule has 0 atom stereocenters. The lowest BCUT2D eigenvalue weighted by atomic mass is 10.1. The number of nitro groups is 1. The molecule has 9 nitrogen and oxygen atoms in total. The van der Waals surface area contributed by atoms with Gasteiger partial charge in [0.25, 0.3) is 11.6 Å². The number of nitrogens with one attached hydrogen (secondary N) is 2. The van der Waals surface area contributed by atoms with Crippen LogP contribution in [0.1, 0.15) is 11.3 Å². The Balaban J connectivity index is 1.47. The molecule has 0 fully saturated rings. The standard InChI is InChI=1S/C25H20N4O5/c1-33-23-8-6-18(29(31)32)13-21(23)24-9-7-19(34-24)12-17(14-26)25(30)27-11-10-16-15-28-22-5-3-2-4-20(16)22/h2-9,12-13,15,28H,10-11H2,1H3,(H,27,30)/b17-12-. The molecule has 4 aromatic rings. The molecule has 1 amide bonds. The molecule has 0 saturated heterocycles. The summed E-state index contributed by atoms with van der Waals surface area (Å²) in [6.45, 7) is 0.355. The van der Waals surface area contributed by atoms with Crippen molar-refractivity contribution in [3.05, 3.63) is 87.8 Å². The highest BCUT2D eigenvalue weighted by molar-refractivity contribution is 6.01. The van der Waals surface area contributed by atoms with E-state index in [2.05, 4.69) is 10.3 Å². The number of hydrogen-bond acceptors (Lipinski definition) is 6. The molecule has 0 saturated carbocycles. The van der Waals surface area contributed by atoms with Crippen molar-refractivity contribution < 1.29 is 18.9 Å². The highest BCUT2D eigenvalue weighted by Gasteiger charge is 2.17. The zero-order chi connectivity index (χ0) is 24.1. The number of nitrogens with zero attached hydrogens (tertiary/aromatic N) is 2. The summed E-state index contributed by atoms with van der Waals surface area (Å²) in [4.78, 5) is 26.3. The predicted molar refractivity (Wildman–Crippen MR) is 126 cm³/mol. The van der Waals surface area contributed by atoms with E-state index in [1.54, 1.807) is 12.1 Å². The quantitative estimate of drug-likeness (QED) is 0.172. The number of amides is 1. The Morgan fingerprint density at radius 1 is 1.26 bits per heavy atom. The molecule has 4 rings (SSSR count). The van der Waals surface area contributed by atoms with Gasteiger partial charge in [-0.1, -0.05) is 18.2 Å². The van der Waals surface area contributed by atoms with E-state index in [-0.39, 0.29) is 17.0 Å². The van der Waals surface area contributed by atoms with Gasteiger partial charge >= 0.3 is 0 Å². The topological polar surface area (TPSA) is 134 Å². The number of ether oxygens (including phenoxy) is 1. The number of methoxy groups -OCH3 is 1. The van der Waals surface area contributed by atoms with Crippen LogP contribution >= 0.6 is 0 Å². The highest BCUT2D eigenvalue weighted by Crippen LogP contribution is 2.34. The summed E-state index contributed by atoms with van der Waals surface area (Å²) in [5.41, 5.74) is 2.25. The first kappa shape index (κ1) is 22.4. The Morgan fingerprint density at radius 2 is 2.09 bits per heavy atom. The molecule has 34 heavy (non-hydrogen) atoms. The van der Waals surface area contributed by atoms with Crippen LogP contribution in [0.5, 0.6) is 5.75 Å². The van der Waals surface area contributed by atoms with Crippen molar-refractivity contribution in [3.8, 4) is 23.1 Å². The number of H-pyrrole nitrogens is 1. The van der Waals surface area contributed by atoms with Crippen LogP contribution < -0.4 is 10.1 Å². The lowest BCUT2D eigenvalue weighted by Crippen LogP contribution is -2.26. The molecule has 2 N–H and O–H groups in total. The van der Waals surface area contributed by atoms with Gasteiger partial charge in [-0.3, -0.25) is 14.9 Å². The van der Waals surface area contributed by atoms with Gasteiger partial charge in [0.05, 0.1) is 17.6 Å². The van der Waals surface area contributed by atoms with Gasteiger partial charge in [-0.2, -0.15) is 5.26 Å². The summed E-state index contributed by atoms with van der Waals surface area (Å²) >= 11 is 0. The molecule has 2 heterocycles. The maximum Gasteiger partial charge on any atom is 0.270 e. The van der Waals surface area contributed by atoms with Crippen molar-refractivity contribution in [2.45, 2.75) is 6.42 Å². The molecule has 2 aromatic heterocycles. The minimum atomic E-state index is -0.520. The Morgan fingerprint density at radius 3 is 2.85 bits per heavy atom. The van der Waals surface area contributed by atoms with Gasteiger partial charge in [0.15, 0.2) is 0 Å². The molecule has 0 aliphatic rings. The first-order valence-corrected chi connectivity index (χ1v) is 10.4. The second-order valence-corrected chi connectivity index (χ2v) is 7.38. The fourth-order valence-corrected chi connectivity index (χ4v) is 3.61. The smallest absolute Gasteiger partial charge is 0.270 e. The molecule has 170 valence electrons. The fourth-order valence-electron chi connectivity index (χ4n) is 3.61. The molecular formula is C25H20N4O5. The van der Waals surface area contributed by atoms with E-state index in [1.165, 1.54) is 31.4 Å². The summed E-state index contributed by atoms with van der Waals surface area (Å²) in [6.07, 6.45) is 3.84. The summed E-state index contributed by atoms with van der Waals surface area (Å²) in [6, 6.07) is 17.1. The second-order valence-electron chi connectivity index (χ2n) is 7.38. The number of furan rings is 1. The maximum atomic E-state index is 12.5. The van der Waals surface area contributed by atoms with E-state index >= 15 is 0 Å². The number of non-ortho nitro benzene ring substituents is 1. The van der Waals surface area contributed by atoms with Gasteiger partial charge in [-0.25, -0.2) is 0 Å². The van der Waals surface area contributed by atoms with Crippen molar-refractivity contribution in [2.24, 2.45) is 0 Å². The number of fused-ring (bicyclic) bond motifs is 1. The van der Waals surface area contributed by atoms with Gasteiger partial charge in [-0.05, 0) is 36.2 Å². The first-order valence-electron chi connectivity index (χ1n) is 10.4. The number of nitriles is 1. The minimum Gasteiger partial charge on any atom is -0.496 e. The first-order chi connectivity index (χ1) is 16.5. The van der Waals surface area contributed by atoms with Crippen LogP contribution in [0, 0.1) is 21.4 Å². The van der Waals surface area contributed by atoms with Crippen molar-refractivity contribution in [3.63, 3.8) is 0 Å². The SMILES string of the molecule is COc1ccc([N+](=O)[O-])cc1-c1ccc(/C=C(/C#N)C(=O)NCCc2c[nH]c3ccccc23)o1. The largest absolute Gasteiger partial charge is 0.496 e. The zero-order valence-corrected chi connectivity index (χ0v) is 18.2. The summed E-state index contributed by atoms with van der Waals surface area (Å²) in [5, 5.41) is 24.4. The molecule has 0 bridgehead atoms. The predicted octanol–water partition coefficient (Wildman–Crippen LogP) is 4.61. The number of aromatic amines is 1. The van der Waals surface area contributed by atoms with E-state index in [0.29, 0.717) is 30.0 Å². The van der Waals surface area contributed by atoms with E-state index in [1.807, 2.05) is 36.5 Å². The van der Waals surface area contributed by atoms with Crippen molar-refractivity contribution in [1.82, 2.24) is 10.3 Å². The van der Waals surface area contributed by atoms with Crippen LogP contribution in [0.25, 0.3) is 28.3 Å². The number of aromatic nitrogens is 1. The van der Waals surface area contributed by atoms with Crippen LogP contribution in [0.2, 0.25) is 0 Å². The third-order valence-corrected chi connectivity index (χ3v) is 5.29. The number of nitro benzene ring substituents is 1. The third kappa shape index (κ3) is 4.66. The summed E-state index contributed by atoms with van der Waals surface area (Å²) < 4.78 is 11.0. The summed E-state index contributed by atoms with van der Waals surface area (Å²) in [7, 11) is 1.45. The number of carbonyl (C=O) groups excluding carboxylic acids is 1. The van der Waals surface area contributed by atoms with Gasteiger partial charge in [0.1, 0.15) is 28.9 Å². The lowest BCUT2D eigenvalue weighted by molar-refractivity contribution is -0.384. The molecule has 0 radical (unpaired) electrons. The lowest BCUT2D eigenvalue weighted by Gasteiger charge is -2.06. The Kier molecular flexibility index (Phi) is 6.41. The van der Waals surface area contributed by atoms with Crippen LogP contribution in [0.3, 0.4) is 0 Å². The Labute approximate surface area is 194 Å². The summed E-state index contributed by atoms with van der Waals surface area (Å²) in [5.74, 6) is 0.440.